The van der Waals surface area contributed by atoms with Gasteiger partial charge >= 0.3 is 5.97 Å². The fraction of sp³-hybridized carbons (Fsp3) is 0.500. The van der Waals surface area contributed by atoms with Gasteiger partial charge in [0.2, 0.25) is 0 Å². The molecule has 0 aromatic heterocycles. The van der Waals surface area contributed by atoms with Gasteiger partial charge in [-0.25, -0.2) is 9.18 Å². The van der Waals surface area contributed by atoms with E-state index in [4.69, 9.17) is 5.11 Å². The summed E-state index contributed by atoms with van der Waals surface area (Å²) in [4.78, 5) is 10.9. The number of carboxylic acid groups (broad SMARTS) is 1. The van der Waals surface area contributed by atoms with Gasteiger partial charge in [0.1, 0.15) is 5.82 Å². The average Bonchev–Trinajstić information content (AvgIpc) is 2.93. The maximum atomic E-state index is 13.3. The third-order valence-corrected chi connectivity index (χ3v) is 4.29. The Morgan fingerprint density at radius 2 is 2.17 bits per heavy atom. The molecule has 96 valence electrons. The monoisotopic (exact) mass is 249 g/mol. The molecule has 18 heavy (non-hydrogen) atoms. The molecule has 1 aromatic carbocycles. The number of carbonyl (C=O) groups is 1. The number of anilines is 1. The second-order valence-electron chi connectivity index (χ2n) is 5.43. The van der Waals surface area contributed by atoms with Crippen molar-refractivity contribution in [1.29, 1.82) is 0 Å². The minimum absolute atomic E-state index is 0.261. The molecule has 3 unspecified atom stereocenters. The van der Waals surface area contributed by atoms with Crippen LogP contribution in [-0.4, -0.2) is 17.1 Å². The van der Waals surface area contributed by atoms with Gasteiger partial charge in [0.15, 0.2) is 0 Å². The molecule has 0 aliphatic heterocycles. The van der Waals surface area contributed by atoms with E-state index in [9.17, 15) is 9.18 Å². The molecular weight excluding hydrogens is 233 g/mol. The first-order valence-electron chi connectivity index (χ1n) is 6.43. The number of halogens is 1. The summed E-state index contributed by atoms with van der Waals surface area (Å²) in [5, 5.41) is 12.3. The number of fused-ring (bicyclic) bond motifs is 2. The molecule has 2 aliphatic carbocycles. The summed E-state index contributed by atoms with van der Waals surface area (Å²) in [6, 6.07) is 4.66. The van der Waals surface area contributed by atoms with Crippen LogP contribution in [0.25, 0.3) is 0 Å². The van der Waals surface area contributed by atoms with Crippen LogP contribution >= 0.6 is 0 Å². The van der Waals surface area contributed by atoms with Crippen molar-refractivity contribution >= 4 is 11.7 Å². The van der Waals surface area contributed by atoms with Crippen molar-refractivity contribution in [2.24, 2.45) is 11.8 Å². The van der Waals surface area contributed by atoms with Gasteiger partial charge < -0.3 is 10.4 Å². The third-order valence-electron chi connectivity index (χ3n) is 4.29. The molecule has 2 saturated carbocycles. The van der Waals surface area contributed by atoms with Crippen molar-refractivity contribution in [3.63, 3.8) is 0 Å². The lowest BCUT2D eigenvalue weighted by Crippen LogP contribution is -2.25. The van der Waals surface area contributed by atoms with Crippen LogP contribution in [0.2, 0.25) is 0 Å². The minimum Gasteiger partial charge on any atom is -0.478 e. The number of rotatable bonds is 3. The molecule has 3 rings (SSSR count). The highest BCUT2D eigenvalue weighted by Crippen LogP contribution is 2.45. The highest BCUT2D eigenvalue weighted by atomic mass is 19.1. The Kier molecular flexibility index (Phi) is 2.73. The van der Waals surface area contributed by atoms with Gasteiger partial charge in [0.05, 0.1) is 5.56 Å². The molecule has 0 spiro atoms. The molecule has 0 amide bonds. The molecule has 4 heteroatoms. The van der Waals surface area contributed by atoms with Crippen LogP contribution in [0.5, 0.6) is 0 Å². The molecule has 0 radical (unpaired) electrons. The largest absolute Gasteiger partial charge is 0.478 e. The molecular formula is C14H16FNO2. The molecule has 1 aromatic rings. The lowest BCUT2D eigenvalue weighted by atomic mass is 9.95. The van der Waals surface area contributed by atoms with Gasteiger partial charge in [0.25, 0.3) is 0 Å². The van der Waals surface area contributed by atoms with Gasteiger partial charge in [-0.05, 0) is 49.3 Å². The summed E-state index contributed by atoms with van der Waals surface area (Å²) < 4.78 is 13.3. The van der Waals surface area contributed by atoms with Crippen molar-refractivity contribution in [3.05, 3.63) is 29.6 Å². The first-order valence-corrected chi connectivity index (χ1v) is 6.43. The summed E-state index contributed by atoms with van der Waals surface area (Å²) >= 11 is 0. The Balaban J connectivity index is 1.77. The van der Waals surface area contributed by atoms with E-state index in [1.807, 2.05) is 0 Å². The Morgan fingerprint density at radius 3 is 2.78 bits per heavy atom. The fourth-order valence-electron chi connectivity index (χ4n) is 3.41. The number of hydrogen-bond donors (Lipinski definition) is 2. The normalized spacial score (nSPS) is 29.5. The Hall–Kier alpha value is -1.58. The Bertz CT molecular complexity index is 489. The zero-order valence-electron chi connectivity index (χ0n) is 10.0. The highest BCUT2D eigenvalue weighted by Gasteiger charge is 2.39. The van der Waals surface area contributed by atoms with E-state index in [1.54, 1.807) is 6.07 Å². The average molecular weight is 249 g/mol. The van der Waals surface area contributed by atoms with E-state index in [1.165, 1.54) is 31.4 Å². The Labute approximate surface area is 105 Å². The number of benzene rings is 1. The zero-order chi connectivity index (χ0) is 12.7. The molecule has 2 fully saturated rings. The van der Waals surface area contributed by atoms with Crippen LogP contribution in [0.1, 0.15) is 36.0 Å². The first kappa shape index (κ1) is 11.5. The van der Waals surface area contributed by atoms with Crippen LogP contribution in [0, 0.1) is 17.7 Å². The topological polar surface area (TPSA) is 49.3 Å². The van der Waals surface area contributed by atoms with Crippen molar-refractivity contribution in [2.45, 2.75) is 31.7 Å². The highest BCUT2D eigenvalue weighted by molar-refractivity contribution is 5.89. The van der Waals surface area contributed by atoms with E-state index < -0.39 is 11.8 Å². The predicted octanol–water partition coefficient (Wildman–Crippen LogP) is 3.12. The number of carboxylic acids is 1. The van der Waals surface area contributed by atoms with Crippen LogP contribution in [0.3, 0.4) is 0 Å². The van der Waals surface area contributed by atoms with Gasteiger partial charge in [-0.15, -0.1) is 0 Å². The van der Waals surface area contributed by atoms with Gasteiger partial charge in [-0.2, -0.15) is 0 Å². The Morgan fingerprint density at radius 1 is 1.33 bits per heavy atom. The van der Waals surface area contributed by atoms with Gasteiger partial charge in [-0.1, -0.05) is 6.42 Å². The zero-order valence-corrected chi connectivity index (χ0v) is 10.0. The quantitative estimate of drug-likeness (QED) is 0.865. The maximum absolute atomic E-state index is 13.3. The number of nitrogens with one attached hydrogen (secondary N) is 1. The van der Waals surface area contributed by atoms with Crippen LogP contribution in [0.4, 0.5) is 10.1 Å². The summed E-state index contributed by atoms with van der Waals surface area (Å²) in [6.07, 6.45) is 5.02. The van der Waals surface area contributed by atoms with Gasteiger partial charge in [0, 0.05) is 11.7 Å². The molecule has 2 aliphatic rings. The molecule has 0 saturated heterocycles. The molecule has 3 atom stereocenters. The number of aromatic carboxylic acids is 1. The standard InChI is InChI=1S/C14H16FNO2/c15-12-4-3-10(7-11(12)14(17)18)16-13-6-8-1-2-9(13)5-8/h3-4,7-9,13,16H,1-2,5-6H2,(H,17,18). The third kappa shape index (κ3) is 1.96. The fourth-order valence-corrected chi connectivity index (χ4v) is 3.41. The van der Waals surface area contributed by atoms with Crippen molar-refractivity contribution in [1.82, 2.24) is 0 Å². The molecule has 2 N–H and O–H groups in total. The lowest BCUT2D eigenvalue weighted by molar-refractivity contribution is 0.0692. The second kappa shape index (κ2) is 4.26. The van der Waals surface area contributed by atoms with Crippen molar-refractivity contribution in [3.8, 4) is 0 Å². The van der Waals surface area contributed by atoms with Crippen LogP contribution in [0.15, 0.2) is 18.2 Å². The smallest absolute Gasteiger partial charge is 0.338 e. The van der Waals surface area contributed by atoms with Crippen molar-refractivity contribution in [2.75, 3.05) is 5.32 Å². The summed E-state index contributed by atoms with van der Waals surface area (Å²) in [6.45, 7) is 0. The van der Waals surface area contributed by atoms with Crippen molar-refractivity contribution < 1.29 is 14.3 Å². The van der Waals surface area contributed by atoms with E-state index in [-0.39, 0.29) is 5.56 Å². The van der Waals surface area contributed by atoms with E-state index >= 15 is 0 Å². The predicted molar refractivity (Wildman–Crippen MR) is 66.2 cm³/mol. The summed E-state index contributed by atoms with van der Waals surface area (Å²) in [7, 11) is 0. The maximum Gasteiger partial charge on any atom is 0.338 e. The summed E-state index contributed by atoms with van der Waals surface area (Å²) in [5.41, 5.74) is 0.453. The first-order chi connectivity index (χ1) is 8.63. The molecule has 0 heterocycles. The number of hydrogen-bond acceptors (Lipinski definition) is 2. The van der Waals surface area contributed by atoms with E-state index in [0.717, 1.165) is 12.3 Å². The van der Waals surface area contributed by atoms with E-state index in [2.05, 4.69) is 5.32 Å². The van der Waals surface area contributed by atoms with Crippen LogP contribution in [-0.2, 0) is 0 Å². The lowest BCUT2D eigenvalue weighted by Gasteiger charge is -2.24. The second-order valence-corrected chi connectivity index (χ2v) is 5.43. The minimum atomic E-state index is -1.22. The molecule has 2 bridgehead atoms. The van der Waals surface area contributed by atoms with Crippen LogP contribution < -0.4 is 5.32 Å². The SMILES string of the molecule is O=C(O)c1cc(NC2CC3CCC2C3)ccc1F. The van der Waals surface area contributed by atoms with Gasteiger partial charge in [-0.3, -0.25) is 0 Å². The molecule has 3 nitrogen and oxygen atoms in total. The summed E-state index contributed by atoms with van der Waals surface area (Å²) in [5.74, 6) is -0.370. The van der Waals surface area contributed by atoms with E-state index in [0.29, 0.717) is 17.6 Å².